The van der Waals surface area contributed by atoms with Gasteiger partial charge in [-0.15, -0.1) is 0 Å². The third-order valence-electron chi connectivity index (χ3n) is 3.34. The minimum Gasteiger partial charge on any atom is -0.377 e. The van der Waals surface area contributed by atoms with Crippen LogP contribution in [-0.2, 0) is 4.74 Å². The van der Waals surface area contributed by atoms with Crippen molar-refractivity contribution in [1.82, 2.24) is 5.32 Å². The first-order valence-corrected chi connectivity index (χ1v) is 6.28. The van der Waals surface area contributed by atoms with Crippen molar-refractivity contribution in [1.29, 1.82) is 0 Å². The minimum atomic E-state index is 0.439. The van der Waals surface area contributed by atoms with Gasteiger partial charge in [0.25, 0.3) is 0 Å². The van der Waals surface area contributed by atoms with Crippen LogP contribution in [0.5, 0.6) is 0 Å². The molecule has 1 aromatic rings. The van der Waals surface area contributed by atoms with Gasteiger partial charge < -0.3 is 15.0 Å². The van der Waals surface area contributed by atoms with Gasteiger partial charge in [-0.2, -0.15) is 0 Å². The number of morpholine rings is 1. The second-order valence-corrected chi connectivity index (χ2v) is 4.77. The van der Waals surface area contributed by atoms with E-state index in [0.717, 1.165) is 26.3 Å². The van der Waals surface area contributed by atoms with Crippen LogP contribution < -0.4 is 10.2 Å². The summed E-state index contributed by atoms with van der Waals surface area (Å²) in [5.41, 5.74) is 4.02. The van der Waals surface area contributed by atoms with Gasteiger partial charge in [-0.3, -0.25) is 0 Å². The lowest BCUT2D eigenvalue weighted by Gasteiger charge is -2.38. The monoisotopic (exact) mass is 234 g/mol. The van der Waals surface area contributed by atoms with Crippen molar-refractivity contribution in [2.45, 2.75) is 19.9 Å². The van der Waals surface area contributed by atoms with Gasteiger partial charge in [0.15, 0.2) is 0 Å². The molecule has 0 spiro atoms. The lowest BCUT2D eigenvalue weighted by Crippen LogP contribution is -2.50. The number of ether oxygens (including phenoxy) is 1. The van der Waals surface area contributed by atoms with Crippen LogP contribution in [0.2, 0.25) is 0 Å². The molecule has 1 saturated heterocycles. The highest BCUT2D eigenvalue weighted by Gasteiger charge is 2.23. The molecule has 1 atom stereocenters. The van der Waals surface area contributed by atoms with Crippen molar-refractivity contribution in [3.63, 3.8) is 0 Å². The second-order valence-electron chi connectivity index (χ2n) is 4.77. The van der Waals surface area contributed by atoms with Crippen molar-refractivity contribution in [2.75, 3.05) is 38.3 Å². The Balaban J connectivity index is 2.25. The van der Waals surface area contributed by atoms with Crippen LogP contribution in [0.1, 0.15) is 11.1 Å². The van der Waals surface area contributed by atoms with Crippen LogP contribution in [0, 0.1) is 13.8 Å². The van der Waals surface area contributed by atoms with E-state index in [0.29, 0.717) is 6.04 Å². The third-order valence-corrected chi connectivity index (χ3v) is 3.34. The topological polar surface area (TPSA) is 24.5 Å². The van der Waals surface area contributed by atoms with Crippen molar-refractivity contribution in [3.8, 4) is 0 Å². The smallest absolute Gasteiger partial charge is 0.0683 e. The van der Waals surface area contributed by atoms with Crippen molar-refractivity contribution < 1.29 is 4.74 Å². The van der Waals surface area contributed by atoms with Gasteiger partial charge in [-0.05, 0) is 38.1 Å². The molecule has 1 fully saturated rings. The number of benzene rings is 1. The van der Waals surface area contributed by atoms with Crippen LogP contribution in [0.4, 0.5) is 5.69 Å². The Kier molecular flexibility index (Phi) is 4.02. The molecule has 0 aliphatic carbocycles. The van der Waals surface area contributed by atoms with Gasteiger partial charge in [0.2, 0.25) is 0 Å². The maximum absolute atomic E-state index is 5.57. The number of hydrogen-bond acceptors (Lipinski definition) is 3. The predicted octanol–water partition coefficient (Wildman–Crippen LogP) is 1.73. The fourth-order valence-corrected chi connectivity index (χ4v) is 2.41. The van der Waals surface area contributed by atoms with E-state index >= 15 is 0 Å². The number of aryl methyl sites for hydroxylation is 2. The fraction of sp³-hybridized carbons (Fsp3) is 0.571. The van der Waals surface area contributed by atoms with Crippen molar-refractivity contribution >= 4 is 5.69 Å². The fourth-order valence-electron chi connectivity index (χ4n) is 2.41. The Morgan fingerprint density at radius 3 is 3.00 bits per heavy atom. The number of likely N-dealkylation sites (N-methyl/N-ethyl adjacent to an activating group) is 1. The highest BCUT2D eigenvalue weighted by atomic mass is 16.5. The highest BCUT2D eigenvalue weighted by molar-refractivity contribution is 5.56. The maximum atomic E-state index is 5.57. The summed E-state index contributed by atoms with van der Waals surface area (Å²) in [4.78, 5) is 2.47. The number of nitrogens with one attached hydrogen (secondary N) is 1. The second kappa shape index (κ2) is 5.52. The first-order chi connectivity index (χ1) is 8.22. The van der Waals surface area contributed by atoms with Crippen LogP contribution >= 0.6 is 0 Å². The molecule has 3 nitrogen and oxygen atoms in total. The Bertz CT molecular complexity index is 376. The van der Waals surface area contributed by atoms with Gasteiger partial charge in [0.1, 0.15) is 0 Å². The molecule has 3 heteroatoms. The van der Waals surface area contributed by atoms with E-state index in [1.807, 2.05) is 7.05 Å². The Labute approximate surface area is 104 Å². The molecule has 0 aromatic heterocycles. The molecule has 0 radical (unpaired) electrons. The summed E-state index contributed by atoms with van der Waals surface area (Å²) in [6.07, 6.45) is 0. The standard InChI is InChI=1S/C14H22N2O/c1-11-4-5-12(2)14(8-11)16-6-7-17-10-13(16)9-15-3/h4-5,8,13,15H,6-7,9-10H2,1-3H3. The maximum Gasteiger partial charge on any atom is 0.0683 e. The van der Waals surface area contributed by atoms with E-state index in [-0.39, 0.29) is 0 Å². The Morgan fingerprint density at radius 1 is 1.41 bits per heavy atom. The van der Waals surface area contributed by atoms with E-state index in [4.69, 9.17) is 4.74 Å². The molecular weight excluding hydrogens is 212 g/mol. The normalized spacial score (nSPS) is 20.6. The van der Waals surface area contributed by atoms with E-state index < -0.39 is 0 Å². The SMILES string of the molecule is CNCC1COCCN1c1cc(C)ccc1C. The average Bonchev–Trinajstić information content (AvgIpc) is 2.34. The summed E-state index contributed by atoms with van der Waals surface area (Å²) in [7, 11) is 2.00. The quantitative estimate of drug-likeness (QED) is 0.862. The van der Waals surface area contributed by atoms with Crippen LogP contribution in [-0.4, -0.2) is 39.4 Å². The van der Waals surface area contributed by atoms with Crippen LogP contribution in [0.25, 0.3) is 0 Å². The zero-order chi connectivity index (χ0) is 12.3. The molecule has 1 aliphatic rings. The minimum absolute atomic E-state index is 0.439. The van der Waals surface area contributed by atoms with Crippen LogP contribution in [0.15, 0.2) is 18.2 Å². The number of nitrogens with zero attached hydrogens (tertiary/aromatic N) is 1. The summed E-state index contributed by atoms with van der Waals surface area (Å²) in [6, 6.07) is 7.10. The first-order valence-electron chi connectivity index (χ1n) is 6.28. The van der Waals surface area contributed by atoms with E-state index in [1.165, 1.54) is 16.8 Å². The molecule has 2 rings (SSSR count). The van der Waals surface area contributed by atoms with Gasteiger partial charge in [-0.1, -0.05) is 12.1 Å². The average molecular weight is 234 g/mol. The van der Waals surface area contributed by atoms with E-state index in [9.17, 15) is 0 Å². The molecule has 0 amide bonds. The molecule has 0 saturated carbocycles. The molecule has 17 heavy (non-hydrogen) atoms. The zero-order valence-electron chi connectivity index (χ0n) is 11.0. The largest absolute Gasteiger partial charge is 0.377 e. The zero-order valence-corrected chi connectivity index (χ0v) is 11.0. The van der Waals surface area contributed by atoms with Gasteiger partial charge in [0.05, 0.1) is 19.3 Å². The molecule has 1 heterocycles. The summed E-state index contributed by atoms with van der Waals surface area (Å²) in [6.45, 7) is 7.92. The summed E-state index contributed by atoms with van der Waals surface area (Å²) in [5.74, 6) is 0. The molecule has 94 valence electrons. The summed E-state index contributed by atoms with van der Waals surface area (Å²) < 4.78 is 5.57. The summed E-state index contributed by atoms with van der Waals surface area (Å²) in [5, 5.41) is 3.25. The first kappa shape index (κ1) is 12.4. The van der Waals surface area contributed by atoms with Crippen LogP contribution in [0.3, 0.4) is 0 Å². The molecule has 0 bridgehead atoms. The highest BCUT2D eigenvalue weighted by Crippen LogP contribution is 2.24. The predicted molar refractivity (Wildman–Crippen MR) is 71.8 cm³/mol. The molecular formula is C14H22N2O. The Hall–Kier alpha value is -1.06. The number of hydrogen-bond donors (Lipinski definition) is 1. The van der Waals surface area contributed by atoms with Crippen molar-refractivity contribution in [2.24, 2.45) is 0 Å². The molecule has 1 N–H and O–H groups in total. The lowest BCUT2D eigenvalue weighted by atomic mass is 10.1. The number of rotatable bonds is 3. The van der Waals surface area contributed by atoms with Crippen molar-refractivity contribution in [3.05, 3.63) is 29.3 Å². The van der Waals surface area contributed by atoms with E-state index in [2.05, 4.69) is 42.3 Å². The van der Waals surface area contributed by atoms with E-state index in [1.54, 1.807) is 0 Å². The molecule has 1 unspecified atom stereocenters. The molecule has 1 aromatic carbocycles. The third kappa shape index (κ3) is 2.79. The van der Waals surface area contributed by atoms with Gasteiger partial charge >= 0.3 is 0 Å². The Morgan fingerprint density at radius 2 is 2.24 bits per heavy atom. The number of anilines is 1. The molecule has 1 aliphatic heterocycles. The van der Waals surface area contributed by atoms with Gasteiger partial charge in [-0.25, -0.2) is 0 Å². The van der Waals surface area contributed by atoms with Gasteiger partial charge in [0, 0.05) is 18.8 Å². The lowest BCUT2D eigenvalue weighted by molar-refractivity contribution is 0.0943. The summed E-state index contributed by atoms with van der Waals surface area (Å²) >= 11 is 0.